The van der Waals surface area contributed by atoms with Crippen molar-refractivity contribution in [2.45, 2.75) is 12.1 Å². The van der Waals surface area contributed by atoms with E-state index in [0.717, 1.165) is 0 Å². The zero-order valence-electron chi connectivity index (χ0n) is 11.8. The lowest BCUT2D eigenvalue weighted by Gasteiger charge is -2.30. The summed E-state index contributed by atoms with van der Waals surface area (Å²) < 4.78 is 1.54. The van der Waals surface area contributed by atoms with Gasteiger partial charge in [-0.05, 0) is 29.8 Å². The van der Waals surface area contributed by atoms with Gasteiger partial charge in [-0.15, -0.1) is 0 Å². The van der Waals surface area contributed by atoms with Crippen LogP contribution in [-0.2, 0) is 12.1 Å². The molecule has 1 unspecified atom stereocenters. The van der Waals surface area contributed by atoms with Crippen LogP contribution >= 0.6 is 34.8 Å². The second-order valence-electron chi connectivity index (χ2n) is 5.08. The number of aliphatic hydroxyl groups is 1. The number of rotatable bonds is 4. The molecule has 3 rings (SSSR count). The molecule has 0 fully saturated rings. The van der Waals surface area contributed by atoms with E-state index in [1.807, 2.05) is 0 Å². The number of benzene rings is 2. The minimum Gasteiger partial charge on any atom is -0.378 e. The van der Waals surface area contributed by atoms with Crippen molar-refractivity contribution >= 4 is 34.8 Å². The Morgan fingerprint density at radius 2 is 1.70 bits per heavy atom. The molecule has 1 aromatic heterocycles. The summed E-state index contributed by atoms with van der Waals surface area (Å²) in [4.78, 5) is 3.91. The minimum atomic E-state index is -1.40. The van der Waals surface area contributed by atoms with Crippen LogP contribution in [0.2, 0.25) is 15.1 Å². The van der Waals surface area contributed by atoms with Crippen LogP contribution in [-0.4, -0.2) is 19.9 Å². The summed E-state index contributed by atoms with van der Waals surface area (Å²) in [5.74, 6) is 0. The Hall–Kier alpha value is -1.59. The topological polar surface area (TPSA) is 50.9 Å². The smallest absolute Gasteiger partial charge is 0.137 e. The van der Waals surface area contributed by atoms with Gasteiger partial charge in [0.1, 0.15) is 18.3 Å². The monoisotopic (exact) mass is 367 g/mol. The van der Waals surface area contributed by atoms with E-state index in [0.29, 0.717) is 26.2 Å². The summed E-state index contributed by atoms with van der Waals surface area (Å²) in [6.45, 7) is 0.149. The predicted molar refractivity (Wildman–Crippen MR) is 90.9 cm³/mol. The van der Waals surface area contributed by atoms with Crippen LogP contribution in [0.25, 0.3) is 0 Å². The van der Waals surface area contributed by atoms with Gasteiger partial charge in [0.2, 0.25) is 0 Å². The molecule has 0 radical (unpaired) electrons. The molecule has 0 amide bonds. The van der Waals surface area contributed by atoms with E-state index in [4.69, 9.17) is 34.8 Å². The third kappa shape index (κ3) is 3.35. The molecule has 0 aliphatic carbocycles. The zero-order valence-corrected chi connectivity index (χ0v) is 14.1. The first-order chi connectivity index (χ1) is 11.0. The third-order valence-electron chi connectivity index (χ3n) is 3.56. The van der Waals surface area contributed by atoms with Crippen LogP contribution in [0.15, 0.2) is 55.1 Å². The van der Waals surface area contributed by atoms with Crippen molar-refractivity contribution in [2.24, 2.45) is 0 Å². The molecule has 3 aromatic rings. The van der Waals surface area contributed by atoms with Crippen LogP contribution in [0.5, 0.6) is 0 Å². The molecule has 0 aliphatic heterocycles. The number of halogens is 3. The van der Waals surface area contributed by atoms with E-state index < -0.39 is 5.60 Å². The Morgan fingerprint density at radius 3 is 2.30 bits per heavy atom. The standard InChI is InChI=1S/C16H12Cl3N3O/c17-12-3-1-11(2-4-12)16(23,8-22-10-20-9-21-22)14-6-5-13(18)7-15(14)19/h1-7,9-10,23H,8H2. The molecule has 1 atom stereocenters. The van der Waals surface area contributed by atoms with Gasteiger partial charge >= 0.3 is 0 Å². The van der Waals surface area contributed by atoms with Gasteiger partial charge in [0.15, 0.2) is 0 Å². The van der Waals surface area contributed by atoms with Gasteiger partial charge < -0.3 is 5.11 Å². The largest absolute Gasteiger partial charge is 0.378 e. The average Bonchev–Trinajstić information content (AvgIpc) is 3.00. The third-order valence-corrected chi connectivity index (χ3v) is 4.36. The maximum Gasteiger partial charge on any atom is 0.137 e. The van der Waals surface area contributed by atoms with Crippen molar-refractivity contribution in [3.05, 3.63) is 81.3 Å². The predicted octanol–water partition coefficient (Wildman–Crippen LogP) is 4.17. The highest BCUT2D eigenvalue weighted by atomic mass is 35.5. The number of aromatic nitrogens is 3. The molecule has 1 N–H and O–H groups in total. The van der Waals surface area contributed by atoms with E-state index >= 15 is 0 Å². The van der Waals surface area contributed by atoms with E-state index in [-0.39, 0.29) is 6.54 Å². The molecule has 23 heavy (non-hydrogen) atoms. The van der Waals surface area contributed by atoms with Gasteiger partial charge in [-0.1, -0.05) is 53.0 Å². The Kier molecular flexibility index (Phi) is 4.60. The molecule has 0 aliphatic rings. The Labute approximate surface area is 148 Å². The summed E-state index contributed by atoms with van der Waals surface area (Å²) in [5.41, 5.74) is -0.233. The Morgan fingerprint density at radius 1 is 1.00 bits per heavy atom. The first kappa shape index (κ1) is 16.3. The van der Waals surface area contributed by atoms with Crippen molar-refractivity contribution in [3.63, 3.8) is 0 Å². The molecular formula is C16H12Cl3N3O. The van der Waals surface area contributed by atoms with Crippen LogP contribution in [0.3, 0.4) is 0 Å². The summed E-state index contributed by atoms with van der Waals surface area (Å²) in [7, 11) is 0. The maximum absolute atomic E-state index is 11.4. The highest BCUT2D eigenvalue weighted by Crippen LogP contribution is 2.37. The van der Waals surface area contributed by atoms with Crippen molar-refractivity contribution in [3.8, 4) is 0 Å². The normalized spacial score (nSPS) is 13.7. The molecule has 4 nitrogen and oxygen atoms in total. The lowest BCUT2D eigenvalue weighted by atomic mass is 9.86. The number of nitrogens with zero attached hydrogens (tertiary/aromatic N) is 3. The molecule has 118 valence electrons. The van der Waals surface area contributed by atoms with E-state index in [1.165, 1.54) is 12.7 Å². The van der Waals surface area contributed by atoms with Crippen molar-refractivity contribution in [1.82, 2.24) is 14.8 Å². The van der Waals surface area contributed by atoms with Crippen LogP contribution < -0.4 is 0 Å². The Balaban J connectivity index is 2.14. The van der Waals surface area contributed by atoms with Gasteiger partial charge in [-0.2, -0.15) is 5.10 Å². The summed E-state index contributed by atoms with van der Waals surface area (Å²) >= 11 is 18.2. The number of hydrogen-bond acceptors (Lipinski definition) is 3. The maximum atomic E-state index is 11.4. The fourth-order valence-electron chi connectivity index (χ4n) is 2.43. The SMILES string of the molecule is OC(Cn1cncn1)(c1ccc(Cl)cc1)c1ccc(Cl)cc1Cl. The molecule has 7 heteroatoms. The van der Waals surface area contributed by atoms with E-state index in [2.05, 4.69) is 10.1 Å². The number of hydrogen-bond donors (Lipinski definition) is 1. The highest BCUT2D eigenvalue weighted by Gasteiger charge is 2.34. The molecule has 0 bridgehead atoms. The molecule has 1 heterocycles. The second-order valence-corrected chi connectivity index (χ2v) is 6.36. The fraction of sp³-hybridized carbons (Fsp3) is 0.125. The highest BCUT2D eigenvalue weighted by molar-refractivity contribution is 6.35. The van der Waals surface area contributed by atoms with Crippen molar-refractivity contribution < 1.29 is 5.11 Å². The quantitative estimate of drug-likeness (QED) is 0.752. The molecule has 0 spiro atoms. The molecular weight excluding hydrogens is 357 g/mol. The second kappa shape index (κ2) is 6.49. The molecule has 0 saturated carbocycles. The van der Waals surface area contributed by atoms with Gasteiger partial charge in [0.05, 0.1) is 6.54 Å². The average molecular weight is 369 g/mol. The van der Waals surface area contributed by atoms with Gasteiger partial charge in [0, 0.05) is 20.6 Å². The van der Waals surface area contributed by atoms with E-state index in [1.54, 1.807) is 47.1 Å². The van der Waals surface area contributed by atoms with Crippen LogP contribution in [0, 0.1) is 0 Å². The summed E-state index contributed by atoms with van der Waals surface area (Å²) in [5, 5.41) is 16.9. The summed E-state index contributed by atoms with van der Waals surface area (Å²) in [6, 6.07) is 11.9. The first-order valence-corrected chi connectivity index (χ1v) is 7.89. The first-order valence-electron chi connectivity index (χ1n) is 6.75. The lowest BCUT2D eigenvalue weighted by molar-refractivity contribution is 0.0573. The summed E-state index contributed by atoms with van der Waals surface area (Å²) in [6.07, 6.45) is 2.94. The van der Waals surface area contributed by atoms with Gasteiger partial charge in [0.25, 0.3) is 0 Å². The fourth-order valence-corrected chi connectivity index (χ4v) is 3.12. The van der Waals surface area contributed by atoms with Gasteiger partial charge in [-0.3, -0.25) is 0 Å². The zero-order chi connectivity index (χ0) is 16.4. The van der Waals surface area contributed by atoms with Crippen molar-refractivity contribution in [2.75, 3.05) is 0 Å². The van der Waals surface area contributed by atoms with Gasteiger partial charge in [-0.25, -0.2) is 9.67 Å². The molecule has 2 aromatic carbocycles. The van der Waals surface area contributed by atoms with Crippen LogP contribution in [0.4, 0.5) is 0 Å². The molecule has 0 saturated heterocycles. The minimum absolute atomic E-state index is 0.149. The Bertz CT molecular complexity index is 806. The lowest BCUT2D eigenvalue weighted by Crippen LogP contribution is -2.33. The van der Waals surface area contributed by atoms with Crippen LogP contribution in [0.1, 0.15) is 11.1 Å². The van der Waals surface area contributed by atoms with Crippen molar-refractivity contribution in [1.29, 1.82) is 0 Å². The van der Waals surface area contributed by atoms with E-state index in [9.17, 15) is 5.11 Å².